The van der Waals surface area contributed by atoms with Crippen molar-refractivity contribution in [3.63, 3.8) is 0 Å². The molecule has 94 valence electrons. The van der Waals surface area contributed by atoms with Crippen LogP contribution in [0.4, 0.5) is 0 Å². The molecule has 0 fully saturated rings. The number of aromatic nitrogens is 3. The molecular weight excluding hydrogens is 222 g/mol. The van der Waals surface area contributed by atoms with Crippen molar-refractivity contribution in [3.8, 4) is 0 Å². The second-order valence-corrected chi connectivity index (χ2v) is 4.62. The number of hydrogen-bond donors (Lipinski definition) is 1. The van der Waals surface area contributed by atoms with Crippen LogP contribution in [0, 0.1) is 6.92 Å². The van der Waals surface area contributed by atoms with Gasteiger partial charge in [0.15, 0.2) is 0 Å². The van der Waals surface area contributed by atoms with Gasteiger partial charge in [0.2, 0.25) is 0 Å². The van der Waals surface area contributed by atoms with Crippen LogP contribution in [0.5, 0.6) is 0 Å². The zero-order valence-corrected chi connectivity index (χ0v) is 11.4. The summed E-state index contributed by atoms with van der Waals surface area (Å²) in [5, 5.41) is 1.09. The maximum absolute atomic E-state index is 4.25. The van der Waals surface area contributed by atoms with Crippen LogP contribution >= 0.6 is 0 Å². The predicted molar refractivity (Wildman–Crippen MR) is 76.3 cm³/mol. The number of rotatable bonds is 3. The molecule has 0 unspecified atom stereocenters. The van der Waals surface area contributed by atoms with Crippen molar-refractivity contribution < 1.29 is 0 Å². The Hall–Kier alpha value is -1.90. The molecule has 2 rings (SSSR count). The van der Waals surface area contributed by atoms with Gasteiger partial charge in [-0.2, -0.15) is 0 Å². The number of nitrogens with one attached hydrogen (secondary N) is 1. The van der Waals surface area contributed by atoms with E-state index in [1.165, 1.54) is 11.1 Å². The van der Waals surface area contributed by atoms with E-state index >= 15 is 0 Å². The van der Waals surface area contributed by atoms with Crippen molar-refractivity contribution in [2.45, 2.75) is 34.1 Å². The average molecular weight is 241 g/mol. The highest BCUT2D eigenvalue weighted by atomic mass is 14.9. The van der Waals surface area contributed by atoms with Gasteiger partial charge in [-0.15, -0.1) is 0 Å². The topological polar surface area (TPSA) is 41.6 Å². The molecule has 2 aromatic heterocycles. The fourth-order valence-corrected chi connectivity index (χ4v) is 1.75. The van der Waals surface area contributed by atoms with E-state index in [9.17, 15) is 0 Å². The van der Waals surface area contributed by atoms with Gasteiger partial charge in [-0.05, 0) is 38.8 Å². The summed E-state index contributed by atoms with van der Waals surface area (Å²) >= 11 is 0. The summed E-state index contributed by atoms with van der Waals surface area (Å²) in [4.78, 5) is 11.8. The van der Waals surface area contributed by atoms with Crippen LogP contribution in [0.15, 0.2) is 30.1 Å². The Kier molecular flexibility index (Phi) is 3.60. The van der Waals surface area contributed by atoms with Gasteiger partial charge in [0.25, 0.3) is 0 Å². The van der Waals surface area contributed by atoms with Crippen molar-refractivity contribution >= 4 is 16.6 Å². The molecule has 0 bridgehead atoms. The van der Waals surface area contributed by atoms with Gasteiger partial charge in [0.05, 0.1) is 5.69 Å². The lowest BCUT2D eigenvalue weighted by atomic mass is 10.1. The minimum Gasteiger partial charge on any atom is -0.339 e. The van der Waals surface area contributed by atoms with Gasteiger partial charge in [-0.1, -0.05) is 24.6 Å². The molecule has 2 aromatic rings. The van der Waals surface area contributed by atoms with Crippen LogP contribution in [0.25, 0.3) is 16.6 Å². The number of aryl methyl sites for hydroxylation is 1. The van der Waals surface area contributed by atoms with E-state index in [-0.39, 0.29) is 0 Å². The Morgan fingerprint density at radius 2 is 2.06 bits per heavy atom. The van der Waals surface area contributed by atoms with E-state index in [0.29, 0.717) is 0 Å². The maximum Gasteiger partial charge on any atom is 0.141 e. The molecular formula is C15H19N3. The van der Waals surface area contributed by atoms with Gasteiger partial charge in [-0.3, -0.25) is 0 Å². The first-order valence-corrected chi connectivity index (χ1v) is 6.26. The highest BCUT2D eigenvalue weighted by molar-refractivity contribution is 5.83. The average Bonchev–Trinajstić information content (AvgIpc) is 2.81. The molecule has 1 N–H and O–H groups in total. The monoisotopic (exact) mass is 241 g/mol. The lowest BCUT2D eigenvalue weighted by Gasteiger charge is -1.96. The van der Waals surface area contributed by atoms with Crippen molar-refractivity contribution in [3.05, 3.63) is 41.5 Å². The normalized spacial score (nSPS) is 13.3. The molecule has 0 saturated heterocycles. The Bertz CT molecular complexity index is 618. The summed E-state index contributed by atoms with van der Waals surface area (Å²) in [5.41, 5.74) is 5.60. The largest absolute Gasteiger partial charge is 0.339 e. The number of allylic oxidation sites excluding steroid dienone is 4. The summed E-state index contributed by atoms with van der Waals surface area (Å²) in [6.07, 6.45) is 6.99. The molecule has 3 nitrogen and oxygen atoms in total. The van der Waals surface area contributed by atoms with Crippen molar-refractivity contribution in [2.75, 3.05) is 0 Å². The van der Waals surface area contributed by atoms with Gasteiger partial charge in [0, 0.05) is 11.1 Å². The number of H-pyrrole nitrogens is 1. The van der Waals surface area contributed by atoms with Crippen molar-refractivity contribution in [2.24, 2.45) is 0 Å². The predicted octanol–water partition coefficient (Wildman–Crippen LogP) is 4.03. The molecule has 0 atom stereocenters. The van der Waals surface area contributed by atoms with Gasteiger partial charge < -0.3 is 4.98 Å². The van der Waals surface area contributed by atoms with E-state index < -0.39 is 0 Å². The quantitative estimate of drug-likeness (QED) is 0.824. The lowest BCUT2D eigenvalue weighted by Crippen LogP contribution is -1.83. The fourth-order valence-electron chi connectivity index (χ4n) is 1.75. The van der Waals surface area contributed by atoms with Crippen molar-refractivity contribution in [1.82, 2.24) is 15.0 Å². The van der Waals surface area contributed by atoms with Crippen LogP contribution in [0.1, 0.15) is 38.6 Å². The minimum atomic E-state index is 0.904. The molecule has 0 aliphatic rings. The van der Waals surface area contributed by atoms with Crippen molar-refractivity contribution in [1.29, 1.82) is 0 Å². The first kappa shape index (κ1) is 12.6. The summed E-state index contributed by atoms with van der Waals surface area (Å²) in [7, 11) is 0. The SMILES string of the molecule is CC/C(C)=C/C=C(\C)c1cc2c(C)ncnc2[nH]1. The summed E-state index contributed by atoms with van der Waals surface area (Å²) in [5.74, 6) is 0. The molecule has 18 heavy (non-hydrogen) atoms. The third-order valence-corrected chi connectivity index (χ3v) is 3.23. The Labute approximate surface area is 108 Å². The van der Waals surface area contributed by atoms with E-state index in [1.807, 2.05) is 6.92 Å². The third-order valence-electron chi connectivity index (χ3n) is 3.23. The minimum absolute atomic E-state index is 0.904. The first-order valence-electron chi connectivity index (χ1n) is 6.26. The van der Waals surface area contributed by atoms with Crippen LogP contribution in [0.3, 0.4) is 0 Å². The first-order chi connectivity index (χ1) is 8.61. The second kappa shape index (κ2) is 5.17. The molecule has 3 heteroatoms. The maximum atomic E-state index is 4.25. The molecule has 0 aromatic carbocycles. The zero-order chi connectivity index (χ0) is 13.1. The number of aromatic amines is 1. The Balaban J connectivity index is 2.40. The van der Waals surface area contributed by atoms with E-state index in [0.717, 1.165) is 28.8 Å². The number of nitrogens with zero attached hydrogens (tertiary/aromatic N) is 2. The fraction of sp³-hybridized carbons (Fsp3) is 0.333. The second-order valence-electron chi connectivity index (χ2n) is 4.62. The highest BCUT2D eigenvalue weighted by Crippen LogP contribution is 2.20. The van der Waals surface area contributed by atoms with E-state index in [4.69, 9.17) is 0 Å². The van der Waals surface area contributed by atoms with Crippen LogP contribution in [-0.2, 0) is 0 Å². The van der Waals surface area contributed by atoms with Crippen LogP contribution < -0.4 is 0 Å². The van der Waals surface area contributed by atoms with E-state index in [1.54, 1.807) is 6.33 Å². The smallest absolute Gasteiger partial charge is 0.141 e. The van der Waals surface area contributed by atoms with Crippen LogP contribution in [-0.4, -0.2) is 15.0 Å². The van der Waals surface area contributed by atoms with Gasteiger partial charge in [-0.25, -0.2) is 9.97 Å². The third kappa shape index (κ3) is 2.50. The highest BCUT2D eigenvalue weighted by Gasteiger charge is 2.05. The van der Waals surface area contributed by atoms with Gasteiger partial charge >= 0.3 is 0 Å². The lowest BCUT2D eigenvalue weighted by molar-refractivity contribution is 1.10. The Morgan fingerprint density at radius 3 is 2.72 bits per heavy atom. The summed E-state index contributed by atoms with van der Waals surface area (Å²) in [6, 6.07) is 2.12. The standard InChI is InChI=1S/C15H19N3/c1-5-10(2)6-7-11(3)14-8-13-12(4)16-9-17-15(13)18-14/h6-9H,5H2,1-4H3,(H,16,17,18)/b10-6+,11-7+. The number of hydrogen-bond acceptors (Lipinski definition) is 2. The molecule has 2 heterocycles. The van der Waals surface area contributed by atoms with Crippen LogP contribution in [0.2, 0.25) is 0 Å². The molecule has 0 spiro atoms. The molecule has 0 amide bonds. The zero-order valence-electron chi connectivity index (χ0n) is 11.4. The summed E-state index contributed by atoms with van der Waals surface area (Å²) < 4.78 is 0. The van der Waals surface area contributed by atoms with E-state index in [2.05, 4.69) is 53.9 Å². The molecule has 0 saturated carbocycles. The number of fused-ring (bicyclic) bond motifs is 1. The van der Waals surface area contributed by atoms with Gasteiger partial charge in [0.1, 0.15) is 12.0 Å². The Morgan fingerprint density at radius 1 is 1.28 bits per heavy atom. The molecule has 0 aliphatic carbocycles. The molecule has 0 radical (unpaired) electrons. The summed E-state index contributed by atoms with van der Waals surface area (Å²) in [6.45, 7) is 8.41. The molecule has 0 aliphatic heterocycles.